The Labute approximate surface area is 260 Å². The third kappa shape index (κ3) is 5.67. The molecule has 7 rings (SSSR count). The molecule has 0 radical (unpaired) electrons. The molecule has 4 aliphatic heterocycles. The highest BCUT2D eigenvalue weighted by molar-refractivity contribution is 8.04. The minimum absolute atomic E-state index is 0.0385. The first-order chi connectivity index (χ1) is 21.5. The van der Waals surface area contributed by atoms with Crippen LogP contribution in [0.4, 0.5) is 10.5 Å². The van der Waals surface area contributed by atoms with Crippen molar-refractivity contribution in [3.8, 4) is 17.6 Å². The summed E-state index contributed by atoms with van der Waals surface area (Å²) in [4.78, 5) is 44.3. The van der Waals surface area contributed by atoms with Crippen LogP contribution in [0.1, 0.15) is 32.1 Å². The van der Waals surface area contributed by atoms with Gasteiger partial charge in [0.25, 0.3) is 11.8 Å². The predicted octanol–water partition coefficient (Wildman–Crippen LogP) is 4.24. The van der Waals surface area contributed by atoms with Gasteiger partial charge in [-0.3, -0.25) is 14.5 Å². The van der Waals surface area contributed by atoms with E-state index in [0.717, 1.165) is 50.1 Å². The largest absolute Gasteiger partial charge is 0.457 e. The third-order valence-corrected chi connectivity index (χ3v) is 10.2. The molecule has 3 saturated heterocycles. The Bertz CT molecular complexity index is 1560. The van der Waals surface area contributed by atoms with Gasteiger partial charge >= 0.3 is 6.03 Å². The molecular formula is C33H34N6O4S. The van der Waals surface area contributed by atoms with Crippen LogP contribution in [-0.4, -0.2) is 59.8 Å². The number of para-hydroxylation sites is 1. The van der Waals surface area contributed by atoms with Gasteiger partial charge in [-0.25, -0.2) is 4.79 Å². The molecule has 0 bridgehead atoms. The normalized spacial score (nSPS) is 26.4. The van der Waals surface area contributed by atoms with E-state index in [2.05, 4.69) is 22.0 Å². The highest BCUT2D eigenvalue weighted by atomic mass is 32.2. The fourth-order valence-corrected chi connectivity index (χ4v) is 7.98. The molecule has 2 aromatic carbocycles. The molecule has 4 amide bonds. The minimum Gasteiger partial charge on any atom is -0.457 e. The Morgan fingerprint density at radius 2 is 1.82 bits per heavy atom. The quantitative estimate of drug-likeness (QED) is 0.316. The van der Waals surface area contributed by atoms with Crippen LogP contribution in [0.3, 0.4) is 0 Å². The van der Waals surface area contributed by atoms with Gasteiger partial charge in [-0.15, -0.1) is 0 Å². The lowest BCUT2D eigenvalue weighted by Crippen LogP contribution is -2.62. The number of hydrogen-bond donors (Lipinski definition) is 3. The van der Waals surface area contributed by atoms with Gasteiger partial charge < -0.3 is 25.6 Å². The zero-order valence-electron chi connectivity index (χ0n) is 24.2. The van der Waals surface area contributed by atoms with Gasteiger partial charge in [0.2, 0.25) is 0 Å². The standard InChI is InChI=1S/C33H34N6O4S/c34-18-21(17-20-8-9-20)32(41)38-16-4-5-22(19-38)36-30(40)29-28-27-26(14-15-35-31(27)44-29)39(33(42)37-28)23-10-12-25(13-11-23)43-24-6-2-1-3-7-24/h1-3,6-7,10-13,17,20,22,26-27,31,35H,4-5,8-9,14-16,19H2,(H,36,40)(H,37,42)/b21-17+/t22-,26?,27?,31?/m1/s1. The number of urea groups is 1. The lowest BCUT2D eigenvalue weighted by Gasteiger charge is -2.45. The second kappa shape index (κ2) is 12.0. The molecule has 11 heteroatoms. The topological polar surface area (TPSA) is 127 Å². The van der Waals surface area contributed by atoms with E-state index in [9.17, 15) is 19.6 Å². The van der Waals surface area contributed by atoms with Gasteiger partial charge in [0.15, 0.2) is 0 Å². The first-order valence-electron chi connectivity index (χ1n) is 15.3. The van der Waals surface area contributed by atoms with E-state index in [0.29, 0.717) is 35.4 Å². The van der Waals surface area contributed by atoms with E-state index in [4.69, 9.17) is 4.74 Å². The van der Waals surface area contributed by atoms with Crippen molar-refractivity contribution in [2.75, 3.05) is 24.5 Å². The van der Waals surface area contributed by atoms with Crippen molar-refractivity contribution in [2.24, 2.45) is 11.8 Å². The van der Waals surface area contributed by atoms with Crippen molar-refractivity contribution < 1.29 is 19.1 Å². The number of likely N-dealkylation sites (tertiary alicyclic amines) is 1. The van der Waals surface area contributed by atoms with Crippen molar-refractivity contribution in [2.45, 2.75) is 49.6 Å². The summed E-state index contributed by atoms with van der Waals surface area (Å²) in [5, 5.41) is 19.2. The number of nitriles is 1. The van der Waals surface area contributed by atoms with E-state index in [1.165, 1.54) is 11.8 Å². The molecule has 1 aliphatic carbocycles. The Morgan fingerprint density at radius 1 is 1.05 bits per heavy atom. The van der Waals surface area contributed by atoms with E-state index in [-0.39, 0.29) is 46.8 Å². The van der Waals surface area contributed by atoms with Crippen LogP contribution in [0.15, 0.2) is 76.8 Å². The summed E-state index contributed by atoms with van der Waals surface area (Å²) in [5.74, 6) is 1.20. The molecule has 0 aromatic heterocycles. The second-order valence-electron chi connectivity index (χ2n) is 11.9. The van der Waals surface area contributed by atoms with Gasteiger partial charge in [-0.05, 0) is 81.0 Å². The number of carbonyl (C=O) groups is 3. The number of carbonyl (C=O) groups excluding carboxylic acids is 3. The molecule has 4 atom stereocenters. The molecule has 4 fully saturated rings. The number of allylic oxidation sites excluding steroid dienone is 1. The first-order valence-corrected chi connectivity index (χ1v) is 16.2. The van der Waals surface area contributed by atoms with Crippen LogP contribution < -0.4 is 25.6 Å². The molecule has 0 spiro atoms. The smallest absolute Gasteiger partial charge is 0.326 e. The van der Waals surface area contributed by atoms with Crippen molar-refractivity contribution in [1.29, 1.82) is 5.26 Å². The maximum atomic E-state index is 13.7. The van der Waals surface area contributed by atoms with Gasteiger partial charge in [0.1, 0.15) is 23.1 Å². The lowest BCUT2D eigenvalue weighted by atomic mass is 9.86. The van der Waals surface area contributed by atoms with Gasteiger partial charge in [-0.2, -0.15) is 5.26 Å². The highest BCUT2D eigenvalue weighted by Crippen LogP contribution is 2.48. The van der Waals surface area contributed by atoms with Gasteiger partial charge in [0, 0.05) is 36.4 Å². The maximum absolute atomic E-state index is 13.7. The maximum Gasteiger partial charge on any atom is 0.326 e. The molecule has 2 aromatic rings. The SMILES string of the molecule is N#C/C(=C\C1CC1)C(=O)N1CCC[C@@H](NC(=O)C2=C3NC(=O)N(c4ccc(Oc5ccccc5)cc4)C4CCNC(S2)C34)C1. The summed E-state index contributed by atoms with van der Waals surface area (Å²) in [6.45, 7) is 1.66. The molecule has 5 aliphatic rings. The van der Waals surface area contributed by atoms with Gasteiger partial charge in [-0.1, -0.05) is 36.0 Å². The summed E-state index contributed by atoms with van der Waals surface area (Å²) in [6, 6.07) is 18.5. The number of ether oxygens (including phenoxy) is 1. The van der Waals surface area contributed by atoms with Crippen LogP contribution in [0.25, 0.3) is 0 Å². The number of nitrogens with zero attached hydrogens (tertiary/aromatic N) is 3. The average molecular weight is 611 g/mol. The Morgan fingerprint density at radius 3 is 2.57 bits per heavy atom. The molecular weight excluding hydrogens is 576 g/mol. The van der Waals surface area contributed by atoms with Crippen molar-refractivity contribution >= 4 is 35.3 Å². The minimum atomic E-state index is -0.257. The monoisotopic (exact) mass is 610 g/mol. The Kier molecular flexibility index (Phi) is 7.78. The first kappa shape index (κ1) is 28.5. The van der Waals surface area contributed by atoms with Gasteiger partial charge in [0.05, 0.1) is 16.3 Å². The summed E-state index contributed by atoms with van der Waals surface area (Å²) < 4.78 is 5.93. The molecule has 226 valence electrons. The molecule has 3 unspecified atom stereocenters. The van der Waals surface area contributed by atoms with Crippen LogP contribution in [-0.2, 0) is 9.59 Å². The number of rotatable bonds is 7. The summed E-state index contributed by atoms with van der Waals surface area (Å²) in [5.41, 5.74) is 1.64. The Hall–Kier alpha value is -4.27. The van der Waals surface area contributed by atoms with Crippen molar-refractivity contribution in [3.63, 3.8) is 0 Å². The fraction of sp³-hybridized carbons (Fsp3) is 0.394. The summed E-state index contributed by atoms with van der Waals surface area (Å²) >= 11 is 1.46. The highest BCUT2D eigenvalue weighted by Gasteiger charge is 2.51. The molecule has 10 nitrogen and oxygen atoms in total. The number of thioether (sulfide) groups is 1. The molecule has 1 saturated carbocycles. The van der Waals surface area contributed by atoms with Crippen LogP contribution in [0.5, 0.6) is 11.5 Å². The molecule has 44 heavy (non-hydrogen) atoms. The number of benzene rings is 2. The van der Waals surface area contributed by atoms with Crippen LogP contribution in [0, 0.1) is 23.2 Å². The summed E-state index contributed by atoms with van der Waals surface area (Å²) in [7, 11) is 0. The van der Waals surface area contributed by atoms with Crippen LogP contribution in [0.2, 0.25) is 0 Å². The number of amides is 4. The second-order valence-corrected chi connectivity index (χ2v) is 13.1. The van der Waals surface area contributed by atoms with E-state index in [1.807, 2.05) is 59.5 Å². The zero-order valence-corrected chi connectivity index (χ0v) is 25.0. The van der Waals surface area contributed by atoms with Crippen molar-refractivity contribution in [3.05, 3.63) is 76.8 Å². The number of piperidine rings is 2. The predicted molar refractivity (Wildman–Crippen MR) is 166 cm³/mol. The molecule has 3 N–H and O–H groups in total. The Balaban J connectivity index is 1.05. The van der Waals surface area contributed by atoms with Crippen LogP contribution >= 0.6 is 11.8 Å². The van der Waals surface area contributed by atoms with Crippen molar-refractivity contribution in [1.82, 2.24) is 20.9 Å². The number of hydrogen-bond acceptors (Lipinski definition) is 7. The van der Waals surface area contributed by atoms with E-state index in [1.54, 1.807) is 11.0 Å². The summed E-state index contributed by atoms with van der Waals surface area (Å²) in [6.07, 6.45) is 6.08. The zero-order chi connectivity index (χ0) is 30.2. The van der Waals surface area contributed by atoms with E-state index >= 15 is 0 Å². The fourth-order valence-electron chi connectivity index (χ4n) is 6.58. The third-order valence-electron chi connectivity index (χ3n) is 8.86. The lowest BCUT2D eigenvalue weighted by molar-refractivity contribution is -0.129. The number of anilines is 1. The molecule has 4 heterocycles. The van der Waals surface area contributed by atoms with E-state index < -0.39 is 0 Å². The average Bonchev–Trinajstić information content (AvgIpc) is 3.80. The number of nitrogens with one attached hydrogen (secondary N) is 3.